The van der Waals surface area contributed by atoms with Crippen LogP contribution in [0.4, 0.5) is 27.2 Å². The van der Waals surface area contributed by atoms with E-state index in [9.17, 15) is 35.6 Å². The van der Waals surface area contributed by atoms with Crippen LogP contribution in [0.25, 0.3) is 0 Å². The molecule has 6 fully saturated rings. The molecule has 4 amide bonds. The maximum atomic E-state index is 13.5. The Morgan fingerprint density at radius 1 is 0.757 bits per heavy atom. The Labute approximate surface area is 209 Å². The van der Waals surface area contributed by atoms with Gasteiger partial charge in [-0.3, -0.25) is 0 Å². The van der Waals surface area contributed by atoms with E-state index in [0.29, 0.717) is 35.8 Å². The fourth-order valence-corrected chi connectivity index (χ4v) is 6.83. The minimum Gasteiger partial charge on any atom is -0.320 e. The summed E-state index contributed by atoms with van der Waals surface area (Å²) in [5, 5.41) is 1.30. The van der Waals surface area contributed by atoms with Gasteiger partial charge in [0, 0.05) is 25.2 Å². The molecule has 6 unspecified atom stereocenters. The smallest absolute Gasteiger partial charge is 0.320 e. The summed E-state index contributed by atoms with van der Waals surface area (Å²) >= 11 is 0. The Morgan fingerprint density at radius 2 is 1.16 bits per heavy atom. The Hall–Kier alpha value is -1.95. The van der Waals surface area contributed by atoms with Crippen molar-refractivity contribution in [3.05, 3.63) is 0 Å². The van der Waals surface area contributed by atoms with Crippen molar-refractivity contribution in [2.45, 2.75) is 74.9 Å². The number of alkyl halides is 4. The molecule has 0 aromatic rings. The zero-order valence-corrected chi connectivity index (χ0v) is 20.3. The summed E-state index contributed by atoms with van der Waals surface area (Å²) in [5.74, 6) is -2.04. The van der Waals surface area contributed by atoms with E-state index in [0.717, 1.165) is 0 Å². The van der Waals surface area contributed by atoms with Gasteiger partial charge in [-0.1, -0.05) is 0 Å². The van der Waals surface area contributed by atoms with Crippen LogP contribution in [-0.4, -0.2) is 103 Å². The number of rotatable bonds is 8. The molecule has 0 aromatic heterocycles. The summed E-state index contributed by atoms with van der Waals surface area (Å²) in [6.07, 6.45) is -5.01. The lowest BCUT2D eigenvalue weighted by Gasteiger charge is -2.40. The first-order valence-electron chi connectivity index (χ1n) is 12.2. The van der Waals surface area contributed by atoms with Gasteiger partial charge in [-0.05, 0) is 38.5 Å². The number of fused-ring (bicyclic) bond motifs is 4. The van der Waals surface area contributed by atoms with E-state index < -0.39 is 70.7 Å². The number of carbonyl (C=O) groups is 2. The lowest BCUT2D eigenvalue weighted by atomic mass is 9.89. The zero-order valence-electron chi connectivity index (χ0n) is 19.5. The molecule has 208 valence electrons. The Balaban J connectivity index is 1.07. The van der Waals surface area contributed by atoms with Gasteiger partial charge in [0.05, 0.1) is 37.1 Å². The first-order valence-corrected chi connectivity index (χ1v) is 13.6. The average Bonchev–Trinajstić information content (AvgIpc) is 3.22. The number of hydrogen-bond donors (Lipinski definition) is 0. The third kappa shape index (κ3) is 4.31. The van der Waals surface area contributed by atoms with Crippen LogP contribution in [-0.2, 0) is 28.4 Å². The van der Waals surface area contributed by atoms with Crippen LogP contribution < -0.4 is 0 Å². The molecule has 0 aromatic carbocycles. The Bertz CT molecular complexity index is 1010. The van der Waals surface area contributed by atoms with Crippen LogP contribution in [0.5, 0.6) is 0 Å². The van der Waals surface area contributed by atoms with E-state index in [-0.39, 0.29) is 39.1 Å². The predicted molar refractivity (Wildman–Crippen MR) is 111 cm³/mol. The van der Waals surface area contributed by atoms with Gasteiger partial charge < -0.3 is 19.3 Å². The highest BCUT2D eigenvalue weighted by Gasteiger charge is 2.56. The minimum absolute atomic E-state index is 0.0163. The summed E-state index contributed by atoms with van der Waals surface area (Å²) < 4.78 is 98.0. The van der Waals surface area contributed by atoms with Crippen molar-refractivity contribution in [3.63, 3.8) is 0 Å². The maximum absolute atomic E-state index is 13.5. The van der Waals surface area contributed by atoms with Crippen LogP contribution >= 0.6 is 0 Å². The number of hydroxylamine groups is 4. The van der Waals surface area contributed by atoms with Crippen molar-refractivity contribution in [1.82, 2.24) is 19.9 Å². The Morgan fingerprint density at radius 3 is 1.49 bits per heavy atom. The topological polar surface area (TPSA) is 118 Å². The van der Waals surface area contributed by atoms with Gasteiger partial charge in [0.25, 0.3) is 0 Å². The van der Waals surface area contributed by atoms with Crippen LogP contribution in [0, 0.1) is 11.8 Å². The summed E-state index contributed by atoms with van der Waals surface area (Å²) in [5.41, 5.74) is 0. The fraction of sp³-hybridized carbons (Fsp3) is 0.900. The van der Waals surface area contributed by atoms with E-state index in [4.69, 9.17) is 8.57 Å². The zero-order chi connectivity index (χ0) is 26.3. The standard InChI is InChI=1S/C20H26F4N4O8S/c21-19(22)11(9-33-19)5-13-1-3-15-7-25(13)17(29)27(15)35-37(31,32)36-28-16-4-2-14(26(8-16)18(28)30)6-12-10-34-20(12,23)24/h11-16H,1-10H2. The molecule has 37 heavy (non-hydrogen) atoms. The minimum atomic E-state index is -4.92. The molecule has 6 aliphatic rings. The second-order valence-electron chi connectivity index (χ2n) is 10.5. The second kappa shape index (κ2) is 8.53. The molecule has 4 bridgehead atoms. The van der Waals surface area contributed by atoms with Crippen LogP contribution in [0.3, 0.4) is 0 Å². The van der Waals surface area contributed by atoms with Gasteiger partial charge in [0.1, 0.15) is 0 Å². The number of urea groups is 2. The normalized spacial score (nSPS) is 38.2. The summed E-state index contributed by atoms with van der Waals surface area (Å²) in [6, 6.07) is -3.87. The first kappa shape index (κ1) is 25.3. The fourth-order valence-electron chi connectivity index (χ4n) is 6.04. The first-order chi connectivity index (χ1) is 17.3. The summed E-state index contributed by atoms with van der Waals surface area (Å²) in [7, 11) is -4.92. The molecule has 6 rings (SSSR count). The number of hydrogen-bond acceptors (Lipinski definition) is 8. The number of amides is 4. The number of carbonyl (C=O) groups excluding carboxylic acids is 2. The summed E-state index contributed by atoms with van der Waals surface area (Å²) in [6.45, 7) is -0.0167. The molecule has 0 spiro atoms. The second-order valence-corrected chi connectivity index (χ2v) is 11.6. The average molecular weight is 559 g/mol. The van der Waals surface area contributed by atoms with Gasteiger partial charge in [-0.25, -0.2) is 9.59 Å². The number of halogens is 4. The van der Waals surface area contributed by atoms with Crippen molar-refractivity contribution in [1.29, 1.82) is 0 Å². The van der Waals surface area contributed by atoms with Crippen molar-refractivity contribution in [2.24, 2.45) is 11.8 Å². The highest BCUT2D eigenvalue weighted by atomic mass is 32.3. The van der Waals surface area contributed by atoms with Crippen LogP contribution in [0.15, 0.2) is 0 Å². The van der Waals surface area contributed by atoms with E-state index in [1.807, 2.05) is 0 Å². The SMILES string of the molecule is O=C1N2CC(CCC2CC2COC2(F)F)N1OS(=O)(=O)ON1C(=O)N2CC1CCC2CC1COC1(F)F. The monoisotopic (exact) mass is 558 g/mol. The predicted octanol–water partition coefficient (Wildman–Crippen LogP) is 1.89. The lowest BCUT2D eigenvalue weighted by molar-refractivity contribution is -0.360. The maximum Gasteiger partial charge on any atom is 0.442 e. The highest BCUT2D eigenvalue weighted by Crippen LogP contribution is 2.44. The van der Waals surface area contributed by atoms with Crippen LogP contribution in [0.1, 0.15) is 38.5 Å². The van der Waals surface area contributed by atoms with E-state index in [1.165, 1.54) is 9.80 Å². The van der Waals surface area contributed by atoms with Crippen molar-refractivity contribution < 1.29 is 53.6 Å². The quantitative estimate of drug-likeness (QED) is 0.415. The molecule has 0 radical (unpaired) electrons. The van der Waals surface area contributed by atoms with Gasteiger partial charge in [-0.15, -0.1) is 8.57 Å². The van der Waals surface area contributed by atoms with E-state index in [2.05, 4.69) is 9.47 Å². The molecule has 6 atom stereocenters. The molecule has 0 aliphatic carbocycles. The molecule has 17 heteroatoms. The molecular formula is C20H26F4N4O8S. The van der Waals surface area contributed by atoms with Gasteiger partial charge in [0.2, 0.25) is 0 Å². The summed E-state index contributed by atoms with van der Waals surface area (Å²) in [4.78, 5) is 28.4. The van der Waals surface area contributed by atoms with Crippen molar-refractivity contribution in [2.75, 3.05) is 26.3 Å². The molecule has 6 heterocycles. The van der Waals surface area contributed by atoms with Gasteiger partial charge in [0.15, 0.2) is 0 Å². The largest absolute Gasteiger partial charge is 0.442 e. The molecule has 12 nitrogen and oxygen atoms in total. The number of piperidine rings is 2. The van der Waals surface area contributed by atoms with Gasteiger partial charge in [-0.2, -0.15) is 36.1 Å². The van der Waals surface area contributed by atoms with Crippen molar-refractivity contribution >= 4 is 22.5 Å². The van der Waals surface area contributed by atoms with E-state index in [1.54, 1.807) is 0 Å². The lowest BCUT2D eigenvalue weighted by Crippen LogP contribution is -2.51. The highest BCUT2D eigenvalue weighted by molar-refractivity contribution is 7.81. The van der Waals surface area contributed by atoms with E-state index >= 15 is 0 Å². The number of nitrogens with zero attached hydrogens (tertiary/aromatic N) is 4. The molecule has 0 N–H and O–H groups in total. The molecule has 0 saturated carbocycles. The van der Waals surface area contributed by atoms with Crippen LogP contribution in [0.2, 0.25) is 0 Å². The molecule has 6 aliphatic heterocycles. The third-order valence-corrected chi connectivity index (χ3v) is 8.94. The van der Waals surface area contributed by atoms with Gasteiger partial charge >= 0.3 is 34.7 Å². The number of ether oxygens (including phenoxy) is 2. The third-order valence-electron chi connectivity index (χ3n) is 8.26. The Kier molecular flexibility index (Phi) is 5.84. The van der Waals surface area contributed by atoms with Crippen molar-refractivity contribution in [3.8, 4) is 0 Å². The molecule has 6 saturated heterocycles. The molecular weight excluding hydrogens is 532 g/mol.